The number of hydrogen-bond donors (Lipinski definition) is 0. The molecule has 108 valence electrons. The van der Waals surface area contributed by atoms with Crippen LogP contribution in [0.2, 0.25) is 0 Å². The van der Waals surface area contributed by atoms with Crippen LogP contribution in [0.3, 0.4) is 0 Å². The molecule has 0 unspecified atom stereocenters. The van der Waals surface area contributed by atoms with Gasteiger partial charge in [0.15, 0.2) is 0 Å². The summed E-state index contributed by atoms with van der Waals surface area (Å²) in [7, 11) is 0. The molecule has 0 N–H and O–H groups in total. The molecule has 0 fully saturated rings. The lowest BCUT2D eigenvalue weighted by Gasteiger charge is -2.10. The second-order valence-electron chi connectivity index (χ2n) is 4.21. The highest BCUT2D eigenvalue weighted by Crippen LogP contribution is 2.14. The van der Waals surface area contributed by atoms with Gasteiger partial charge in [-0.15, -0.1) is 0 Å². The van der Waals surface area contributed by atoms with Gasteiger partial charge in [-0.05, 0) is 16.7 Å². The number of benzene rings is 1. The molecule has 0 spiro atoms. The van der Waals surface area contributed by atoms with Crippen LogP contribution in [0.15, 0.2) is 56.7 Å². The minimum Gasteiger partial charge on any atom is -0.501 e. The van der Waals surface area contributed by atoms with Gasteiger partial charge >= 0.3 is 0 Å². The molecule has 0 saturated carbocycles. The highest BCUT2D eigenvalue weighted by atomic mass is 16.5. The summed E-state index contributed by atoms with van der Waals surface area (Å²) in [6.07, 6.45) is 6.05. The maximum atomic E-state index is 5.25. The van der Waals surface area contributed by atoms with Crippen LogP contribution in [0.5, 0.6) is 0 Å². The fourth-order valence-electron chi connectivity index (χ4n) is 1.89. The molecule has 0 aliphatic carbocycles. The smallest absolute Gasteiger partial charge is 0.112 e. The summed E-state index contributed by atoms with van der Waals surface area (Å²) in [6.45, 7) is 12.4. The van der Waals surface area contributed by atoms with Gasteiger partial charge in [-0.25, -0.2) is 0 Å². The number of hydrogen-bond acceptors (Lipinski definition) is 3. The molecule has 1 aromatic rings. The molecule has 0 bridgehead atoms. The Bertz CT molecular complexity index is 406. The SMILES string of the molecule is C=COCCc1cc(CCOC=C)cc(COC=C)c1. The van der Waals surface area contributed by atoms with Crippen LogP contribution in [0.25, 0.3) is 0 Å². The topological polar surface area (TPSA) is 27.7 Å². The maximum Gasteiger partial charge on any atom is 0.112 e. The van der Waals surface area contributed by atoms with Crippen molar-refractivity contribution < 1.29 is 14.2 Å². The monoisotopic (exact) mass is 274 g/mol. The van der Waals surface area contributed by atoms with E-state index in [4.69, 9.17) is 14.2 Å². The fraction of sp³-hybridized carbons (Fsp3) is 0.294. The van der Waals surface area contributed by atoms with E-state index in [2.05, 4.69) is 37.9 Å². The quantitative estimate of drug-likeness (QED) is 0.454. The molecule has 0 aromatic heterocycles. The second-order valence-corrected chi connectivity index (χ2v) is 4.21. The van der Waals surface area contributed by atoms with Gasteiger partial charge < -0.3 is 14.2 Å². The average Bonchev–Trinajstić information content (AvgIpc) is 2.46. The van der Waals surface area contributed by atoms with Crippen LogP contribution in [0.4, 0.5) is 0 Å². The van der Waals surface area contributed by atoms with Crippen molar-refractivity contribution in [1.29, 1.82) is 0 Å². The van der Waals surface area contributed by atoms with Crippen molar-refractivity contribution in [1.82, 2.24) is 0 Å². The van der Waals surface area contributed by atoms with E-state index in [1.54, 1.807) is 0 Å². The Labute approximate surface area is 121 Å². The molecule has 0 aliphatic heterocycles. The maximum absolute atomic E-state index is 5.25. The van der Waals surface area contributed by atoms with E-state index < -0.39 is 0 Å². The van der Waals surface area contributed by atoms with Crippen LogP contribution in [0, 0.1) is 0 Å². The van der Waals surface area contributed by atoms with Gasteiger partial charge in [-0.1, -0.05) is 37.9 Å². The van der Waals surface area contributed by atoms with Crippen molar-refractivity contribution in [2.75, 3.05) is 13.2 Å². The molecule has 3 heteroatoms. The predicted octanol–water partition coefficient (Wildman–Crippen LogP) is 3.75. The summed E-state index contributed by atoms with van der Waals surface area (Å²) in [6, 6.07) is 6.40. The van der Waals surface area contributed by atoms with Crippen molar-refractivity contribution in [3.05, 3.63) is 73.4 Å². The van der Waals surface area contributed by atoms with E-state index in [0.29, 0.717) is 19.8 Å². The first-order valence-electron chi connectivity index (χ1n) is 6.59. The molecule has 0 heterocycles. The van der Waals surface area contributed by atoms with Crippen LogP contribution in [-0.2, 0) is 33.7 Å². The molecule has 0 radical (unpaired) electrons. The van der Waals surface area contributed by atoms with Crippen LogP contribution in [0.1, 0.15) is 16.7 Å². The van der Waals surface area contributed by atoms with Crippen LogP contribution < -0.4 is 0 Å². The standard InChI is InChI=1S/C17H22O3/c1-4-18-9-7-15-11-16(8-10-19-5-2)13-17(12-15)14-20-6-3/h4-6,11-13H,1-3,7-10,14H2. The first-order valence-corrected chi connectivity index (χ1v) is 6.59. The van der Waals surface area contributed by atoms with E-state index in [1.807, 2.05) is 0 Å². The molecule has 0 aliphatic rings. The normalized spacial score (nSPS) is 9.60. The predicted molar refractivity (Wildman–Crippen MR) is 81.1 cm³/mol. The van der Waals surface area contributed by atoms with E-state index in [0.717, 1.165) is 18.4 Å². The molecule has 20 heavy (non-hydrogen) atoms. The van der Waals surface area contributed by atoms with Crippen molar-refractivity contribution >= 4 is 0 Å². The first kappa shape index (κ1) is 15.9. The van der Waals surface area contributed by atoms with Crippen molar-refractivity contribution in [2.45, 2.75) is 19.4 Å². The van der Waals surface area contributed by atoms with Gasteiger partial charge in [0.2, 0.25) is 0 Å². The van der Waals surface area contributed by atoms with E-state index in [1.165, 1.54) is 29.9 Å². The highest BCUT2D eigenvalue weighted by molar-refractivity contribution is 5.30. The fourth-order valence-corrected chi connectivity index (χ4v) is 1.89. The summed E-state index contributed by atoms with van der Waals surface area (Å²) < 4.78 is 15.6. The van der Waals surface area contributed by atoms with Gasteiger partial charge in [0.05, 0.1) is 32.0 Å². The number of rotatable bonds is 11. The lowest BCUT2D eigenvalue weighted by molar-refractivity contribution is 0.236. The Morgan fingerprint density at radius 3 is 1.60 bits per heavy atom. The molecule has 0 atom stereocenters. The molecule has 0 saturated heterocycles. The van der Waals surface area contributed by atoms with E-state index in [9.17, 15) is 0 Å². The van der Waals surface area contributed by atoms with Crippen molar-refractivity contribution in [2.24, 2.45) is 0 Å². The molecule has 1 aromatic carbocycles. The largest absolute Gasteiger partial charge is 0.501 e. The lowest BCUT2D eigenvalue weighted by Crippen LogP contribution is -2.01. The molecule has 3 nitrogen and oxygen atoms in total. The number of ether oxygens (including phenoxy) is 3. The Morgan fingerprint density at radius 2 is 1.15 bits per heavy atom. The third kappa shape index (κ3) is 6.14. The van der Waals surface area contributed by atoms with Gasteiger partial charge in [0.1, 0.15) is 6.61 Å². The summed E-state index contributed by atoms with van der Waals surface area (Å²) in [4.78, 5) is 0. The van der Waals surface area contributed by atoms with Gasteiger partial charge in [0, 0.05) is 12.8 Å². The summed E-state index contributed by atoms with van der Waals surface area (Å²) in [5, 5.41) is 0. The Hall–Kier alpha value is -2.16. The lowest BCUT2D eigenvalue weighted by atomic mass is 10.0. The van der Waals surface area contributed by atoms with E-state index >= 15 is 0 Å². The van der Waals surface area contributed by atoms with Crippen molar-refractivity contribution in [3.63, 3.8) is 0 Å². The van der Waals surface area contributed by atoms with Gasteiger partial charge in [-0.2, -0.15) is 0 Å². The minimum atomic E-state index is 0.523. The third-order valence-electron chi connectivity index (χ3n) is 2.73. The molecular formula is C17H22O3. The zero-order valence-electron chi connectivity index (χ0n) is 11.8. The minimum absolute atomic E-state index is 0.523. The van der Waals surface area contributed by atoms with Crippen molar-refractivity contribution in [3.8, 4) is 0 Å². The highest BCUT2D eigenvalue weighted by Gasteiger charge is 2.02. The molecular weight excluding hydrogens is 252 g/mol. The molecule has 0 amide bonds. The summed E-state index contributed by atoms with van der Waals surface area (Å²) in [5.41, 5.74) is 3.55. The van der Waals surface area contributed by atoms with Crippen LogP contribution in [-0.4, -0.2) is 13.2 Å². The van der Waals surface area contributed by atoms with E-state index in [-0.39, 0.29) is 0 Å². The average molecular weight is 274 g/mol. The molecule has 1 rings (SSSR count). The first-order chi connectivity index (χ1) is 9.80. The summed E-state index contributed by atoms with van der Waals surface area (Å²) in [5.74, 6) is 0. The zero-order valence-corrected chi connectivity index (χ0v) is 11.8. The third-order valence-corrected chi connectivity index (χ3v) is 2.73. The Kier molecular flexibility index (Phi) is 7.73. The Morgan fingerprint density at radius 1 is 0.700 bits per heavy atom. The van der Waals surface area contributed by atoms with Crippen LogP contribution >= 0.6 is 0 Å². The summed E-state index contributed by atoms with van der Waals surface area (Å²) >= 11 is 0. The van der Waals surface area contributed by atoms with Gasteiger partial charge in [0.25, 0.3) is 0 Å². The Balaban J connectivity index is 2.73. The second kappa shape index (κ2) is 9.73. The zero-order chi connectivity index (χ0) is 14.6. The van der Waals surface area contributed by atoms with Gasteiger partial charge in [-0.3, -0.25) is 0 Å².